The van der Waals surface area contributed by atoms with Crippen LogP contribution in [0.5, 0.6) is 0 Å². The molecular weight excluding hydrogens is 368 g/mol. The Balaban J connectivity index is 0.00000288. The quantitative estimate of drug-likeness (QED) is 0.530. The molecule has 6 nitrogen and oxygen atoms in total. The second-order valence-electron chi connectivity index (χ2n) is 6.87. The fourth-order valence-corrected chi connectivity index (χ4v) is 2.29. The average Bonchev–Trinajstić information content (AvgIpc) is 2.92. The van der Waals surface area contributed by atoms with Crippen LogP contribution in [-0.2, 0) is 17.4 Å². The molecule has 7 heteroatoms. The minimum Gasteiger partial charge on any atom is -1.00 e. The van der Waals surface area contributed by atoms with Crippen molar-refractivity contribution < 1.29 is 17.0 Å². The number of hydrazone groups is 1. The molecule has 24 heavy (non-hydrogen) atoms. The van der Waals surface area contributed by atoms with Gasteiger partial charge in [0, 0.05) is 0 Å². The molecule has 0 fully saturated rings. The molecule has 1 aliphatic heterocycles. The smallest absolute Gasteiger partial charge is 0.561 e. The van der Waals surface area contributed by atoms with Crippen LogP contribution in [0.3, 0.4) is 0 Å². The van der Waals surface area contributed by atoms with Gasteiger partial charge in [0.2, 0.25) is 0 Å². The summed E-state index contributed by atoms with van der Waals surface area (Å²) in [4.78, 5) is 0. The van der Waals surface area contributed by atoms with E-state index in [1.165, 1.54) is 5.01 Å². The largest absolute Gasteiger partial charge is 1.00 e. The summed E-state index contributed by atoms with van der Waals surface area (Å²) >= 11 is 0. The summed E-state index contributed by atoms with van der Waals surface area (Å²) in [6, 6.07) is 10.6. The van der Waals surface area contributed by atoms with Gasteiger partial charge in [0.15, 0.2) is 6.67 Å². The zero-order valence-corrected chi connectivity index (χ0v) is 15.9. The van der Waals surface area contributed by atoms with Crippen LogP contribution in [0.25, 0.3) is 0 Å². The van der Waals surface area contributed by atoms with Crippen molar-refractivity contribution >= 4 is 6.34 Å². The van der Waals surface area contributed by atoms with E-state index >= 15 is 0 Å². The van der Waals surface area contributed by atoms with Crippen molar-refractivity contribution in [2.75, 3.05) is 6.67 Å². The van der Waals surface area contributed by atoms with Crippen molar-refractivity contribution in [1.82, 2.24) is 10.0 Å². The maximum Gasteiger partial charge on any atom is 0.561 e. The van der Waals surface area contributed by atoms with Crippen molar-refractivity contribution in [3.8, 4) is 12.1 Å². The number of nitrogens with two attached hydrogens (primary N) is 1. The zero-order valence-electron chi connectivity index (χ0n) is 14.3. The van der Waals surface area contributed by atoms with Crippen LogP contribution in [0.1, 0.15) is 44.4 Å². The molecule has 2 rings (SSSR count). The highest BCUT2D eigenvalue weighted by atomic mass is 79.9. The second-order valence-corrected chi connectivity index (χ2v) is 6.87. The highest BCUT2D eigenvalue weighted by molar-refractivity contribution is 5.55. The van der Waals surface area contributed by atoms with Gasteiger partial charge in [0.25, 0.3) is 0 Å². The van der Waals surface area contributed by atoms with E-state index in [2.05, 4.69) is 23.6 Å². The molecule has 1 aliphatic rings. The van der Waals surface area contributed by atoms with Crippen LogP contribution in [0, 0.1) is 22.7 Å². The molecule has 1 aromatic rings. The van der Waals surface area contributed by atoms with E-state index in [-0.39, 0.29) is 17.0 Å². The highest BCUT2D eigenvalue weighted by Crippen LogP contribution is 2.30. The standard InChI is InChI=1S/C17H21N6.BrH/c1-16(2,9-18)14-5-13(8-23-12-22(20)11-21-23)6-15(7-14)17(3,4)10-19;/h5-7H,8,12,20H2,1-4H3;1H/q+1;/p-1. The molecular formula is C17H21BrN6. The van der Waals surface area contributed by atoms with Gasteiger partial charge in [0.05, 0.1) is 29.5 Å². The maximum absolute atomic E-state index is 9.43. The first-order valence-electron chi connectivity index (χ1n) is 7.39. The third kappa shape index (κ3) is 4.21. The first kappa shape index (κ1) is 19.9. The minimum absolute atomic E-state index is 0. The summed E-state index contributed by atoms with van der Waals surface area (Å²) in [5, 5.41) is 26.1. The molecule has 0 atom stereocenters. The fraction of sp³-hybridized carbons (Fsp3) is 0.471. The summed E-state index contributed by atoms with van der Waals surface area (Å²) < 4.78 is 0. The Hall–Kier alpha value is -2.18. The lowest BCUT2D eigenvalue weighted by atomic mass is 9.79. The molecule has 0 spiro atoms. The first-order chi connectivity index (χ1) is 10.7. The monoisotopic (exact) mass is 388 g/mol. The van der Waals surface area contributed by atoms with Crippen molar-refractivity contribution in [3.05, 3.63) is 34.9 Å². The molecule has 0 radical (unpaired) electrons. The summed E-state index contributed by atoms with van der Waals surface area (Å²) in [5.41, 5.74) is 1.53. The Labute approximate surface area is 153 Å². The van der Waals surface area contributed by atoms with Crippen LogP contribution in [-0.4, -0.2) is 23.0 Å². The van der Waals surface area contributed by atoms with Crippen molar-refractivity contribution in [2.45, 2.75) is 45.1 Å². The van der Waals surface area contributed by atoms with E-state index in [4.69, 9.17) is 5.84 Å². The van der Waals surface area contributed by atoms with Gasteiger partial charge in [-0.05, 0) is 44.4 Å². The number of rotatable bonds is 4. The number of nitriles is 2. The van der Waals surface area contributed by atoms with E-state index < -0.39 is 10.8 Å². The highest BCUT2D eigenvalue weighted by Gasteiger charge is 2.28. The number of hydrazine groups is 1. The Morgan fingerprint density at radius 1 is 1.12 bits per heavy atom. The Bertz CT molecular complexity index is 667. The molecule has 0 unspecified atom stereocenters. The summed E-state index contributed by atoms with van der Waals surface area (Å²) in [5.74, 6) is 5.62. The molecule has 0 saturated carbocycles. The van der Waals surface area contributed by atoms with Crippen molar-refractivity contribution in [3.63, 3.8) is 0 Å². The molecule has 0 aliphatic carbocycles. The van der Waals surface area contributed by atoms with Gasteiger partial charge in [-0.3, -0.25) is 0 Å². The molecule has 126 valence electrons. The van der Waals surface area contributed by atoms with Crippen molar-refractivity contribution in [1.29, 1.82) is 10.5 Å². The molecule has 1 heterocycles. The Morgan fingerprint density at radius 2 is 1.62 bits per heavy atom. The molecule has 0 saturated heterocycles. The molecule has 1 aromatic carbocycles. The van der Waals surface area contributed by atoms with Crippen LogP contribution in [0.4, 0.5) is 0 Å². The van der Waals surface area contributed by atoms with E-state index in [0.29, 0.717) is 13.2 Å². The molecule has 0 amide bonds. The zero-order chi connectivity index (χ0) is 17.3. The normalized spacial score (nSPS) is 13.8. The lowest BCUT2D eigenvalue weighted by molar-refractivity contribution is -0.00000584. The molecule has 0 aromatic heterocycles. The predicted octanol–water partition coefficient (Wildman–Crippen LogP) is -0.938. The fourth-order valence-electron chi connectivity index (χ4n) is 2.29. The van der Waals surface area contributed by atoms with E-state index in [1.54, 1.807) is 5.01 Å². The lowest BCUT2D eigenvalue weighted by Gasteiger charge is -2.23. The van der Waals surface area contributed by atoms with Gasteiger partial charge in [-0.25, -0.2) is 10.9 Å². The van der Waals surface area contributed by atoms with Gasteiger partial charge in [-0.1, -0.05) is 23.2 Å². The lowest BCUT2D eigenvalue weighted by Crippen LogP contribution is -3.00. The average molecular weight is 389 g/mol. The number of nitrogens with zero attached hydrogens (tertiary/aromatic N) is 5. The topological polar surface area (TPSA) is 92.4 Å². The summed E-state index contributed by atoms with van der Waals surface area (Å²) in [7, 11) is 0. The number of hydrogen-bond donors (Lipinski definition) is 1. The van der Waals surface area contributed by atoms with Crippen LogP contribution in [0.2, 0.25) is 0 Å². The molecule has 0 bridgehead atoms. The molecule has 2 N–H and O–H groups in total. The number of hydrogen-bond acceptors (Lipinski definition) is 6. The van der Waals surface area contributed by atoms with Gasteiger partial charge < -0.3 is 17.0 Å². The number of benzene rings is 1. The number of halogens is 1. The SMILES string of the molecule is CC(C)(C#N)c1cc(CN2CN(N)[C+]=N2)cc(C(C)(C)C#N)c1.[Br-]. The summed E-state index contributed by atoms with van der Waals surface area (Å²) in [6.07, 6.45) is 2.66. The van der Waals surface area contributed by atoms with Gasteiger partial charge >= 0.3 is 6.34 Å². The Morgan fingerprint density at radius 3 is 2.00 bits per heavy atom. The maximum atomic E-state index is 9.43. The van der Waals surface area contributed by atoms with E-state index in [1.807, 2.05) is 45.9 Å². The van der Waals surface area contributed by atoms with Crippen LogP contribution in [0.15, 0.2) is 23.3 Å². The Kier molecular flexibility index (Phi) is 5.92. The predicted molar refractivity (Wildman–Crippen MR) is 87.6 cm³/mol. The minimum atomic E-state index is -0.628. The van der Waals surface area contributed by atoms with Gasteiger partial charge in [0.1, 0.15) is 5.10 Å². The van der Waals surface area contributed by atoms with Crippen molar-refractivity contribution in [2.24, 2.45) is 10.9 Å². The van der Waals surface area contributed by atoms with Gasteiger partial charge in [-0.2, -0.15) is 10.5 Å². The first-order valence-corrected chi connectivity index (χ1v) is 7.39. The third-order valence-electron chi connectivity index (χ3n) is 3.99. The third-order valence-corrected chi connectivity index (χ3v) is 3.99. The summed E-state index contributed by atoms with van der Waals surface area (Å²) in [6.45, 7) is 8.50. The van der Waals surface area contributed by atoms with E-state index in [0.717, 1.165) is 16.7 Å². The van der Waals surface area contributed by atoms with Crippen LogP contribution >= 0.6 is 0 Å². The van der Waals surface area contributed by atoms with E-state index in [9.17, 15) is 10.5 Å². The van der Waals surface area contributed by atoms with Gasteiger partial charge in [-0.15, -0.1) is 0 Å². The second kappa shape index (κ2) is 7.15. The van der Waals surface area contributed by atoms with Crippen LogP contribution < -0.4 is 22.8 Å².